The van der Waals surface area contributed by atoms with Gasteiger partial charge in [-0.3, -0.25) is 4.79 Å². The number of hydrogen-bond acceptors (Lipinski definition) is 8. The number of carbonyl (C=O) groups excluding carboxylic acids is 1. The molecule has 338 valence electrons. The SMILES string of the molecule is CCCCCC/C=C\CCCC(=O)NC(COC1OC(CO)C(O)C(O)C1O)C(O)CCCCCCCCCCCCCCCCCCCCCCCCCCC. The lowest BCUT2D eigenvalue weighted by Crippen LogP contribution is -2.60. The highest BCUT2D eigenvalue weighted by atomic mass is 16.7. The first-order valence-corrected chi connectivity index (χ1v) is 24.4. The maximum atomic E-state index is 12.9. The second kappa shape index (κ2) is 39.1. The number of hydrogen-bond donors (Lipinski definition) is 6. The Morgan fingerprint density at radius 2 is 0.982 bits per heavy atom. The number of ether oxygens (including phenoxy) is 2. The van der Waals surface area contributed by atoms with Crippen LogP contribution in [-0.2, 0) is 14.3 Å². The molecule has 1 aliphatic rings. The average Bonchev–Trinajstić information content (AvgIpc) is 3.21. The zero-order chi connectivity index (χ0) is 41.6. The van der Waals surface area contributed by atoms with E-state index in [9.17, 15) is 30.3 Å². The summed E-state index contributed by atoms with van der Waals surface area (Å²) in [5, 5.41) is 54.2. The summed E-state index contributed by atoms with van der Waals surface area (Å²) in [6.45, 7) is 3.79. The van der Waals surface area contributed by atoms with Crippen molar-refractivity contribution in [1.29, 1.82) is 0 Å². The van der Waals surface area contributed by atoms with Crippen LogP contribution in [0.25, 0.3) is 0 Å². The van der Waals surface area contributed by atoms with Gasteiger partial charge in [0.05, 0.1) is 25.4 Å². The van der Waals surface area contributed by atoms with Gasteiger partial charge in [-0.2, -0.15) is 0 Å². The van der Waals surface area contributed by atoms with Gasteiger partial charge in [-0.25, -0.2) is 0 Å². The third-order valence-electron chi connectivity index (χ3n) is 11.9. The Balaban J connectivity index is 2.19. The molecule has 6 N–H and O–H groups in total. The van der Waals surface area contributed by atoms with Gasteiger partial charge in [-0.1, -0.05) is 206 Å². The van der Waals surface area contributed by atoms with Crippen LogP contribution in [0, 0.1) is 0 Å². The summed E-state index contributed by atoms with van der Waals surface area (Å²) < 4.78 is 11.2. The Kier molecular flexibility index (Phi) is 37.0. The molecular formula is C48H93NO8. The quantitative estimate of drug-likeness (QED) is 0.0264. The molecule has 0 aromatic carbocycles. The van der Waals surface area contributed by atoms with E-state index >= 15 is 0 Å². The standard InChI is InChI=1S/C48H93NO8/c1-3-5-7-9-11-13-14-15-16-17-18-19-20-21-22-23-24-25-26-27-28-30-31-33-35-37-42(51)41(40-56-48-47(55)46(54)45(53)43(39-50)57-48)49-44(52)38-36-34-32-29-12-10-8-6-4-2/h29,32,41-43,45-48,50-51,53-55H,3-28,30-31,33-40H2,1-2H3,(H,49,52)/b32-29-. The largest absolute Gasteiger partial charge is 0.394 e. The number of nitrogens with one attached hydrogen (secondary N) is 1. The van der Waals surface area contributed by atoms with E-state index in [0.717, 1.165) is 32.1 Å². The fourth-order valence-electron chi connectivity index (χ4n) is 7.93. The predicted molar refractivity (Wildman–Crippen MR) is 235 cm³/mol. The van der Waals surface area contributed by atoms with Crippen LogP contribution in [0.5, 0.6) is 0 Å². The molecule has 1 heterocycles. The van der Waals surface area contributed by atoms with Crippen LogP contribution in [0.2, 0.25) is 0 Å². The summed E-state index contributed by atoms with van der Waals surface area (Å²) in [6.07, 6.45) is 38.3. The van der Waals surface area contributed by atoms with Crippen LogP contribution in [-0.4, -0.2) is 87.5 Å². The van der Waals surface area contributed by atoms with Crippen molar-refractivity contribution in [1.82, 2.24) is 5.32 Å². The summed E-state index contributed by atoms with van der Waals surface area (Å²) in [7, 11) is 0. The summed E-state index contributed by atoms with van der Waals surface area (Å²) >= 11 is 0. The highest BCUT2D eigenvalue weighted by Crippen LogP contribution is 2.23. The van der Waals surface area contributed by atoms with Gasteiger partial charge in [-0.15, -0.1) is 0 Å². The van der Waals surface area contributed by atoms with Crippen molar-refractivity contribution in [2.75, 3.05) is 13.2 Å². The fraction of sp³-hybridized carbons (Fsp3) is 0.938. The van der Waals surface area contributed by atoms with Gasteiger partial charge in [0.1, 0.15) is 24.4 Å². The van der Waals surface area contributed by atoms with Crippen LogP contribution < -0.4 is 5.32 Å². The van der Waals surface area contributed by atoms with Gasteiger partial charge < -0.3 is 40.3 Å². The minimum absolute atomic E-state index is 0.146. The Labute approximate surface area is 350 Å². The molecule has 0 aromatic rings. The van der Waals surface area contributed by atoms with Crippen LogP contribution >= 0.6 is 0 Å². The maximum absolute atomic E-state index is 12.9. The molecule has 0 saturated carbocycles. The Bertz CT molecular complexity index is 904. The number of amides is 1. The zero-order valence-corrected chi connectivity index (χ0v) is 37.1. The number of carbonyl (C=O) groups is 1. The molecule has 9 heteroatoms. The Hall–Kier alpha value is -1.07. The van der Waals surface area contributed by atoms with E-state index in [-0.39, 0.29) is 12.5 Å². The molecule has 0 aliphatic carbocycles. The lowest BCUT2D eigenvalue weighted by Gasteiger charge is -2.40. The molecule has 9 nitrogen and oxygen atoms in total. The van der Waals surface area contributed by atoms with E-state index in [1.807, 2.05) is 0 Å². The lowest BCUT2D eigenvalue weighted by molar-refractivity contribution is -0.302. The molecule has 0 radical (unpaired) electrons. The van der Waals surface area contributed by atoms with Crippen molar-refractivity contribution in [2.45, 2.75) is 275 Å². The molecule has 1 saturated heterocycles. The van der Waals surface area contributed by atoms with Gasteiger partial charge in [0, 0.05) is 6.42 Å². The number of aliphatic hydroxyl groups is 5. The van der Waals surface area contributed by atoms with Crippen LogP contribution in [0.15, 0.2) is 12.2 Å². The van der Waals surface area contributed by atoms with Gasteiger partial charge in [-0.05, 0) is 32.1 Å². The summed E-state index contributed by atoms with van der Waals surface area (Å²) in [6, 6.07) is -0.728. The van der Waals surface area contributed by atoms with Crippen molar-refractivity contribution in [2.24, 2.45) is 0 Å². The van der Waals surface area contributed by atoms with E-state index in [4.69, 9.17) is 9.47 Å². The van der Waals surface area contributed by atoms with E-state index in [1.54, 1.807) is 0 Å². The third kappa shape index (κ3) is 29.7. The predicted octanol–water partition coefficient (Wildman–Crippen LogP) is 10.5. The summed E-state index contributed by atoms with van der Waals surface area (Å²) in [5.41, 5.74) is 0. The van der Waals surface area contributed by atoms with Gasteiger partial charge in [0.25, 0.3) is 0 Å². The maximum Gasteiger partial charge on any atom is 0.220 e. The molecule has 1 amide bonds. The highest BCUT2D eigenvalue weighted by Gasteiger charge is 2.44. The normalized spacial score (nSPS) is 21.0. The molecule has 7 atom stereocenters. The first-order chi connectivity index (χ1) is 27.8. The minimum Gasteiger partial charge on any atom is -0.394 e. The molecule has 57 heavy (non-hydrogen) atoms. The number of rotatable bonds is 41. The second-order valence-electron chi connectivity index (χ2n) is 17.3. The van der Waals surface area contributed by atoms with E-state index in [2.05, 4.69) is 31.3 Å². The fourth-order valence-corrected chi connectivity index (χ4v) is 7.93. The van der Waals surface area contributed by atoms with Gasteiger partial charge in [0.2, 0.25) is 5.91 Å². The van der Waals surface area contributed by atoms with Crippen LogP contribution in [0.1, 0.15) is 232 Å². The molecule has 0 bridgehead atoms. The zero-order valence-electron chi connectivity index (χ0n) is 37.1. The summed E-state index contributed by atoms with van der Waals surface area (Å²) in [4.78, 5) is 12.9. The molecule has 1 aliphatic heterocycles. The van der Waals surface area contributed by atoms with Crippen molar-refractivity contribution in [3.05, 3.63) is 12.2 Å². The smallest absolute Gasteiger partial charge is 0.220 e. The molecule has 1 fully saturated rings. The van der Waals surface area contributed by atoms with Gasteiger partial charge in [0.15, 0.2) is 6.29 Å². The number of aliphatic hydroxyl groups excluding tert-OH is 5. The Morgan fingerprint density at radius 1 is 0.579 bits per heavy atom. The molecule has 7 unspecified atom stereocenters. The first-order valence-electron chi connectivity index (χ1n) is 24.4. The average molecular weight is 812 g/mol. The van der Waals surface area contributed by atoms with Crippen molar-refractivity contribution in [3.63, 3.8) is 0 Å². The number of allylic oxidation sites excluding steroid dienone is 2. The van der Waals surface area contributed by atoms with Crippen molar-refractivity contribution < 1.29 is 39.8 Å². The van der Waals surface area contributed by atoms with E-state index in [1.165, 1.54) is 167 Å². The summed E-state index contributed by atoms with van der Waals surface area (Å²) in [5.74, 6) is -0.178. The van der Waals surface area contributed by atoms with Gasteiger partial charge >= 0.3 is 0 Å². The van der Waals surface area contributed by atoms with Crippen molar-refractivity contribution >= 4 is 5.91 Å². The molecule has 0 aromatic heterocycles. The number of unbranched alkanes of at least 4 members (excludes halogenated alkanes) is 29. The van der Waals surface area contributed by atoms with E-state index < -0.39 is 49.5 Å². The highest BCUT2D eigenvalue weighted by molar-refractivity contribution is 5.76. The van der Waals surface area contributed by atoms with Crippen LogP contribution in [0.4, 0.5) is 0 Å². The first kappa shape index (κ1) is 53.9. The molecule has 0 spiro atoms. The second-order valence-corrected chi connectivity index (χ2v) is 17.3. The minimum atomic E-state index is -1.55. The van der Waals surface area contributed by atoms with Crippen LogP contribution in [0.3, 0.4) is 0 Å². The topological polar surface area (TPSA) is 149 Å². The van der Waals surface area contributed by atoms with Crippen molar-refractivity contribution in [3.8, 4) is 0 Å². The lowest BCUT2D eigenvalue weighted by atomic mass is 9.99. The monoisotopic (exact) mass is 812 g/mol. The molecule has 1 rings (SSSR count). The van der Waals surface area contributed by atoms with E-state index in [0.29, 0.717) is 19.3 Å². The third-order valence-corrected chi connectivity index (χ3v) is 11.9. The Morgan fingerprint density at radius 3 is 1.42 bits per heavy atom. The molecular weight excluding hydrogens is 719 g/mol.